The lowest BCUT2D eigenvalue weighted by Crippen LogP contribution is -2.01. The summed E-state index contributed by atoms with van der Waals surface area (Å²) in [6, 6.07) is 7.92. The Kier molecular flexibility index (Phi) is 2.78. The Labute approximate surface area is 108 Å². The van der Waals surface area contributed by atoms with Crippen LogP contribution in [0, 0.1) is 0 Å². The third-order valence-corrected chi connectivity index (χ3v) is 3.37. The van der Waals surface area contributed by atoms with Crippen LogP contribution in [-0.4, -0.2) is 9.97 Å². The molecule has 0 saturated carbocycles. The van der Waals surface area contributed by atoms with E-state index in [2.05, 4.69) is 36.5 Å². The summed E-state index contributed by atoms with van der Waals surface area (Å²) >= 11 is 3.49. The maximum atomic E-state index is 4.48. The molecule has 0 bridgehead atoms. The quantitative estimate of drug-likeness (QED) is 0.893. The van der Waals surface area contributed by atoms with Gasteiger partial charge in [-0.05, 0) is 28.1 Å². The average molecular weight is 291 g/mol. The van der Waals surface area contributed by atoms with E-state index in [1.807, 2.05) is 30.5 Å². The minimum atomic E-state index is 0.638. The SMILES string of the molecule is Brc1ccccc1Nc1ncc2c(n1)CNC2. The molecule has 2 aromatic rings. The molecular weight excluding hydrogens is 280 g/mol. The van der Waals surface area contributed by atoms with Gasteiger partial charge in [-0.15, -0.1) is 0 Å². The molecule has 4 nitrogen and oxygen atoms in total. The van der Waals surface area contributed by atoms with E-state index >= 15 is 0 Å². The van der Waals surface area contributed by atoms with E-state index in [0.29, 0.717) is 5.95 Å². The Balaban J connectivity index is 1.89. The van der Waals surface area contributed by atoms with E-state index in [1.165, 1.54) is 5.56 Å². The minimum absolute atomic E-state index is 0.638. The number of aromatic nitrogens is 2. The standard InChI is InChI=1S/C12H11BrN4/c13-9-3-1-2-4-10(9)16-12-15-6-8-5-14-7-11(8)17-12/h1-4,6,14H,5,7H2,(H,15,16,17). The zero-order chi connectivity index (χ0) is 11.7. The molecule has 17 heavy (non-hydrogen) atoms. The number of nitrogens with one attached hydrogen (secondary N) is 2. The summed E-state index contributed by atoms with van der Waals surface area (Å²) < 4.78 is 1.00. The third kappa shape index (κ3) is 2.16. The molecule has 0 aliphatic carbocycles. The van der Waals surface area contributed by atoms with Gasteiger partial charge in [0.1, 0.15) is 0 Å². The monoisotopic (exact) mass is 290 g/mol. The molecule has 0 fully saturated rings. The number of benzene rings is 1. The summed E-state index contributed by atoms with van der Waals surface area (Å²) in [7, 11) is 0. The fourth-order valence-corrected chi connectivity index (χ4v) is 2.19. The Hall–Kier alpha value is -1.46. The van der Waals surface area contributed by atoms with Gasteiger partial charge in [0, 0.05) is 29.3 Å². The second kappa shape index (κ2) is 4.43. The van der Waals surface area contributed by atoms with Crippen LogP contribution in [0.15, 0.2) is 34.9 Å². The maximum absolute atomic E-state index is 4.48. The molecule has 0 radical (unpaired) electrons. The fraction of sp³-hybridized carbons (Fsp3) is 0.167. The number of hydrogen-bond acceptors (Lipinski definition) is 4. The lowest BCUT2D eigenvalue weighted by Gasteiger charge is -2.07. The van der Waals surface area contributed by atoms with Crippen LogP contribution in [0.4, 0.5) is 11.6 Å². The molecule has 86 valence electrons. The van der Waals surface area contributed by atoms with Crippen LogP contribution >= 0.6 is 15.9 Å². The van der Waals surface area contributed by atoms with E-state index in [0.717, 1.165) is 28.9 Å². The molecule has 0 amide bonds. The molecule has 0 atom stereocenters. The zero-order valence-corrected chi connectivity index (χ0v) is 10.7. The minimum Gasteiger partial charge on any atom is -0.323 e. The molecular formula is C12H11BrN4. The summed E-state index contributed by atoms with van der Waals surface area (Å²) in [5.41, 5.74) is 3.23. The molecule has 5 heteroatoms. The van der Waals surface area contributed by atoms with Crippen molar-refractivity contribution in [3.8, 4) is 0 Å². The maximum Gasteiger partial charge on any atom is 0.227 e. The highest BCUT2D eigenvalue weighted by atomic mass is 79.9. The van der Waals surface area contributed by atoms with Gasteiger partial charge in [-0.3, -0.25) is 0 Å². The third-order valence-electron chi connectivity index (χ3n) is 2.68. The smallest absolute Gasteiger partial charge is 0.227 e. The highest BCUT2D eigenvalue weighted by Gasteiger charge is 2.12. The summed E-state index contributed by atoms with van der Waals surface area (Å²) in [5.74, 6) is 0.638. The summed E-state index contributed by atoms with van der Waals surface area (Å²) in [4.78, 5) is 8.79. The summed E-state index contributed by atoms with van der Waals surface area (Å²) in [6.07, 6.45) is 1.88. The Morgan fingerprint density at radius 3 is 3.00 bits per heavy atom. The van der Waals surface area contributed by atoms with Crippen molar-refractivity contribution >= 4 is 27.6 Å². The highest BCUT2D eigenvalue weighted by Crippen LogP contribution is 2.24. The van der Waals surface area contributed by atoms with Crippen LogP contribution in [0.2, 0.25) is 0 Å². The van der Waals surface area contributed by atoms with Crippen molar-refractivity contribution in [3.05, 3.63) is 46.2 Å². The van der Waals surface area contributed by atoms with Crippen molar-refractivity contribution in [1.29, 1.82) is 0 Å². The first kappa shape index (κ1) is 10.7. The highest BCUT2D eigenvalue weighted by molar-refractivity contribution is 9.10. The Morgan fingerprint density at radius 2 is 2.12 bits per heavy atom. The van der Waals surface area contributed by atoms with Crippen LogP contribution in [0.1, 0.15) is 11.3 Å². The molecule has 3 rings (SSSR count). The first-order chi connectivity index (χ1) is 8.33. The molecule has 1 aromatic carbocycles. The van der Waals surface area contributed by atoms with Crippen molar-refractivity contribution in [2.45, 2.75) is 13.1 Å². The second-order valence-electron chi connectivity index (χ2n) is 3.87. The molecule has 1 aliphatic heterocycles. The van der Waals surface area contributed by atoms with Crippen molar-refractivity contribution in [1.82, 2.24) is 15.3 Å². The molecule has 1 aromatic heterocycles. The van der Waals surface area contributed by atoms with Gasteiger partial charge in [0.25, 0.3) is 0 Å². The normalized spacial score (nSPS) is 13.5. The van der Waals surface area contributed by atoms with Gasteiger partial charge >= 0.3 is 0 Å². The average Bonchev–Trinajstić information content (AvgIpc) is 2.79. The van der Waals surface area contributed by atoms with Crippen LogP contribution in [0.25, 0.3) is 0 Å². The van der Waals surface area contributed by atoms with Crippen LogP contribution in [-0.2, 0) is 13.1 Å². The summed E-state index contributed by atoms with van der Waals surface area (Å²) in [6.45, 7) is 1.69. The van der Waals surface area contributed by atoms with Crippen LogP contribution in [0.3, 0.4) is 0 Å². The largest absolute Gasteiger partial charge is 0.323 e. The van der Waals surface area contributed by atoms with Crippen LogP contribution in [0.5, 0.6) is 0 Å². The molecule has 1 aliphatic rings. The van der Waals surface area contributed by atoms with Crippen molar-refractivity contribution in [2.75, 3.05) is 5.32 Å². The molecule has 0 spiro atoms. The Morgan fingerprint density at radius 1 is 1.24 bits per heavy atom. The predicted molar refractivity (Wildman–Crippen MR) is 70.0 cm³/mol. The first-order valence-electron chi connectivity index (χ1n) is 5.40. The summed E-state index contributed by atoms with van der Waals surface area (Å²) in [5, 5.41) is 6.46. The molecule has 2 N–H and O–H groups in total. The number of fused-ring (bicyclic) bond motifs is 1. The molecule has 2 heterocycles. The van der Waals surface area contributed by atoms with E-state index in [-0.39, 0.29) is 0 Å². The predicted octanol–water partition coefficient (Wildman–Crippen LogP) is 2.59. The lowest BCUT2D eigenvalue weighted by molar-refractivity contribution is 0.758. The topological polar surface area (TPSA) is 49.8 Å². The van der Waals surface area contributed by atoms with Gasteiger partial charge in [-0.2, -0.15) is 0 Å². The number of para-hydroxylation sites is 1. The van der Waals surface area contributed by atoms with Gasteiger partial charge in [0.15, 0.2) is 0 Å². The van der Waals surface area contributed by atoms with E-state index in [1.54, 1.807) is 0 Å². The number of halogens is 1. The van der Waals surface area contributed by atoms with Gasteiger partial charge in [-0.1, -0.05) is 12.1 Å². The van der Waals surface area contributed by atoms with Crippen molar-refractivity contribution in [2.24, 2.45) is 0 Å². The lowest BCUT2D eigenvalue weighted by atomic mass is 10.3. The number of rotatable bonds is 2. The fourth-order valence-electron chi connectivity index (χ4n) is 1.80. The molecule has 0 unspecified atom stereocenters. The van der Waals surface area contributed by atoms with Crippen LogP contribution < -0.4 is 10.6 Å². The van der Waals surface area contributed by atoms with Crippen molar-refractivity contribution in [3.63, 3.8) is 0 Å². The number of hydrogen-bond donors (Lipinski definition) is 2. The van der Waals surface area contributed by atoms with Gasteiger partial charge in [0.05, 0.1) is 11.4 Å². The van der Waals surface area contributed by atoms with Gasteiger partial charge in [-0.25, -0.2) is 9.97 Å². The zero-order valence-electron chi connectivity index (χ0n) is 9.07. The van der Waals surface area contributed by atoms with E-state index in [9.17, 15) is 0 Å². The number of anilines is 2. The van der Waals surface area contributed by atoms with Gasteiger partial charge in [0.2, 0.25) is 5.95 Å². The second-order valence-corrected chi connectivity index (χ2v) is 4.73. The van der Waals surface area contributed by atoms with E-state index < -0.39 is 0 Å². The van der Waals surface area contributed by atoms with E-state index in [4.69, 9.17) is 0 Å². The first-order valence-corrected chi connectivity index (χ1v) is 6.19. The number of nitrogens with zero attached hydrogens (tertiary/aromatic N) is 2. The Bertz CT molecular complexity index is 556. The van der Waals surface area contributed by atoms with Gasteiger partial charge < -0.3 is 10.6 Å². The van der Waals surface area contributed by atoms with Crippen molar-refractivity contribution < 1.29 is 0 Å². The molecule has 0 saturated heterocycles.